The van der Waals surface area contributed by atoms with Gasteiger partial charge in [-0.1, -0.05) is 19.1 Å². The Morgan fingerprint density at radius 1 is 1.22 bits per heavy atom. The first-order chi connectivity index (χ1) is 15.3. The SMILES string of the molecule is CCc1ccc(N2CC(C(=O)OCC(=O)Nc3ccc([N+](=O)[O-])cc3OC)CC2=O)cc1. The molecule has 2 amide bonds. The normalized spacial score (nSPS) is 15.4. The molecule has 1 atom stereocenters. The number of carbonyl (C=O) groups excluding carboxylic acids is 3. The number of nitro benzene ring substituents is 1. The first kappa shape index (κ1) is 22.7. The Hall–Kier alpha value is -3.95. The molecule has 0 radical (unpaired) electrons. The van der Waals surface area contributed by atoms with Crippen LogP contribution in [0.25, 0.3) is 0 Å². The first-order valence-corrected chi connectivity index (χ1v) is 10.0. The minimum Gasteiger partial charge on any atom is -0.494 e. The van der Waals surface area contributed by atoms with Crippen molar-refractivity contribution in [1.82, 2.24) is 0 Å². The number of ether oxygens (including phenoxy) is 2. The van der Waals surface area contributed by atoms with Crippen LogP contribution in [-0.4, -0.2) is 43.0 Å². The third kappa shape index (κ3) is 5.20. The number of aryl methyl sites for hydroxylation is 1. The Balaban J connectivity index is 1.54. The van der Waals surface area contributed by atoms with Crippen LogP contribution in [-0.2, 0) is 25.5 Å². The minimum atomic E-state index is -0.671. The fourth-order valence-electron chi connectivity index (χ4n) is 3.36. The fourth-order valence-corrected chi connectivity index (χ4v) is 3.36. The van der Waals surface area contributed by atoms with Crippen LogP contribution in [0.3, 0.4) is 0 Å². The third-order valence-corrected chi connectivity index (χ3v) is 5.13. The average Bonchev–Trinajstić information content (AvgIpc) is 3.19. The van der Waals surface area contributed by atoms with Crippen LogP contribution >= 0.6 is 0 Å². The van der Waals surface area contributed by atoms with E-state index in [9.17, 15) is 24.5 Å². The number of nitrogens with zero attached hydrogens (tertiary/aromatic N) is 2. The van der Waals surface area contributed by atoms with Gasteiger partial charge in [0.15, 0.2) is 6.61 Å². The number of rotatable bonds is 8. The molecule has 1 heterocycles. The summed E-state index contributed by atoms with van der Waals surface area (Å²) in [6.45, 7) is 1.66. The monoisotopic (exact) mass is 441 g/mol. The van der Waals surface area contributed by atoms with Gasteiger partial charge in [-0.15, -0.1) is 0 Å². The summed E-state index contributed by atoms with van der Waals surface area (Å²) in [5, 5.41) is 13.3. The lowest BCUT2D eigenvalue weighted by molar-refractivity contribution is -0.384. The molecule has 32 heavy (non-hydrogen) atoms. The topological polar surface area (TPSA) is 128 Å². The maximum absolute atomic E-state index is 12.4. The number of non-ortho nitro benzene ring substituents is 1. The number of anilines is 2. The number of nitrogens with one attached hydrogen (secondary N) is 1. The highest BCUT2D eigenvalue weighted by Gasteiger charge is 2.36. The summed E-state index contributed by atoms with van der Waals surface area (Å²) in [6, 6.07) is 11.3. The summed E-state index contributed by atoms with van der Waals surface area (Å²) in [4.78, 5) is 48.7. The Bertz CT molecular complexity index is 1040. The van der Waals surface area contributed by atoms with Crippen LogP contribution < -0.4 is 15.0 Å². The van der Waals surface area contributed by atoms with E-state index in [-0.39, 0.29) is 36.0 Å². The molecular formula is C22H23N3O7. The van der Waals surface area contributed by atoms with Gasteiger partial charge in [0.1, 0.15) is 5.75 Å². The van der Waals surface area contributed by atoms with Gasteiger partial charge in [-0.3, -0.25) is 24.5 Å². The van der Waals surface area contributed by atoms with E-state index in [1.165, 1.54) is 30.2 Å². The van der Waals surface area contributed by atoms with Crippen molar-refractivity contribution in [1.29, 1.82) is 0 Å². The van der Waals surface area contributed by atoms with Crippen LogP contribution in [0.1, 0.15) is 18.9 Å². The summed E-state index contributed by atoms with van der Waals surface area (Å²) in [5.41, 5.74) is 1.88. The molecule has 10 heteroatoms. The molecule has 0 aromatic heterocycles. The highest BCUT2D eigenvalue weighted by Crippen LogP contribution is 2.29. The van der Waals surface area contributed by atoms with Gasteiger partial charge >= 0.3 is 5.97 Å². The highest BCUT2D eigenvalue weighted by molar-refractivity contribution is 6.00. The van der Waals surface area contributed by atoms with Crippen LogP contribution in [0, 0.1) is 16.0 Å². The van der Waals surface area contributed by atoms with Crippen molar-refractivity contribution in [2.45, 2.75) is 19.8 Å². The van der Waals surface area contributed by atoms with Gasteiger partial charge in [-0.05, 0) is 30.2 Å². The Labute approximate surface area is 184 Å². The maximum Gasteiger partial charge on any atom is 0.311 e. The number of nitro groups is 1. The maximum atomic E-state index is 12.4. The number of hydrogen-bond donors (Lipinski definition) is 1. The molecule has 0 saturated carbocycles. The van der Waals surface area contributed by atoms with E-state index in [1.807, 2.05) is 31.2 Å². The number of methoxy groups -OCH3 is 1. The van der Waals surface area contributed by atoms with Crippen molar-refractivity contribution >= 4 is 34.8 Å². The second kappa shape index (κ2) is 9.90. The molecule has 1 fully saturated rings. The molecule has 1 aliphatic rings. The molecule has 3 rings (SSSR count). The zero-order valence-electron chi connectivity index (χ0n) is 17.7. The van der Waals surface area contributed by atoms with Gasteiger partial charge in [0.25, 0.3) is 11.6 Å². The molecule has 1 N–H and O–H groups in total. The minimum absolute atomic E-state index is 0.00611. The van der Waals surface area contributed by atoms with E-state index < -0.39 is 29.3 Å². The van der Waals surface area contributed by atoms with Crippen molar-refractivity contribution in [2.75, 3.05) is 30.5 Å². The van der Waals surface area contributed by atoms with Crippen LogP contribution in [0.15, 0.2) is 42.5 Å². The molecule has 1 saturated heterocycles. The van der Waals surface area contributed by atoms with Gasteiger partial charge in [-0.25, -0.2) is 0 Å². The molecule has 1 unspecified atom stereocenters. The van der Waals surface area contributed by atoms with E-state index in [1.54, 1.807) is 0 Å². The molecular weight excluding hydrogens is 418 g/mol. The zero-order chi connectivity index (χ0) is 23.3. The predicted molar refractivity (Wildman–Crippen MR) is 116 cm³/mol. The summed E-state index contributed by atoms with van der Waals surface area (Å²) in [5.74, 6) is -2.03. The Morgan fingerprint density at radius 2 is 1.94 bits per heavy atom. The predicted octanol–water partition coefficient (Wildman–Crippen LogP) is 2.70. The standard InChI is InChI=1S/C22H23N3O7/c1-3-14-4-6-16(7-5-14)24-12-15(10-21(24)27)22(28)32-13-20(26)23-18-9-8-17(25(29)30)11-19(18)31-2/h4-9,11,15H,3,10,12-13H2,1-2H3,(H,23,26). The van der Waals surface area contributed by atoms with Crippen molar-refractivity contribution in [3.05, 3.63) is 58.1 Å². The van der Waals surface area contributed by atoms with E-state index in [0.717, 1.165) is 12.0 Å². The van der Waals surface area contributed by atoms with Gasteiger partial charge < -0.3 is 19.7 Å². The molecule has 2 aromatic rings. The lowest BCUT2D eigenvalue weighted by Crippen LogP contribution is -2.28. The summed E-state index contributed by atoms with van der Waals surface area (Å²) < 4.78 is 10.1. The molecule has 0 aliphatic carbocycles. The largest absolute Gasteiger partial charge is 0.494 e. The molecule has 0 bridgehead atoms. The number of benzene rings is 2. The number of hydrogen-bond acceptors (Lipinski definition) is 7. The number of carbonyl (C=O) groups is 3. The van der Waals surface area contributed by atoms with E-state index in [4.69, 9.17) is 9.47 Å². The zero-order valence-corrected chi connectivity index (χ0v) is 17.7. The second-order valence-electron chi connectivity index (χ2n) is 7.22. The number of amides is 2. The Morgan fingerprint density at radius 3 is 2.56 bits per heavy atom. The fraction of sp³-hybridized carbons (Fsp3) is 0.318. The van der Waals surface area contributed by atoms with Gasteiger partial charge in [0.2, 0.25) is 5.91 Å². The lowest BCUT2D eigenvalue weighted by atomic mass is 10.1. The van der Waals surface area contributed by atoms with Crippen molar-refractivity contribution in [2.24, 2.45) is 5.92 Å². The summed E-state index contributed by atoms with van der Waals surface area (Å²) >= 11 is 0. The van der Waals surface area contributed by atoms with Gasteiger partial charge in [0.05, 0.1) is 29.7 Å². The molecule has 0 spiro atoms. The molecule has 10 nitrogen and oxygen atoms in total. The molecule has 2 aromatic carbocycles. The quantitative estimate of drug-likeness (QED) is 0.379. The van der Waals surface area contributed by atoms with E-state index in [2.05, 4.69) is 5.32 Å². The average molecular weight is 441 g/mol. The highest BCUT2D eigenvalue weighted by atomic mass is 16.6. The van der Waals surface area contributed by atoms with Crippen molar-refractivity contribution < 1.29 is 28.8 Å². The van der Waals surface area contributed by atoms with E-state index >= 15 is 0 Å². The molecule has 1 aliphatic heterocycles. The number of esters is 1. The second-order valence-corrected chi connectivity index (χ2v) is 7.22. The Kier molecular flexibility index (Phi) is 7.04. The van der Waals surface area contributed by atoms with Gasteiger partial charge in [0, 0.05) is 24.7 Å². The smallest absolute Gasteiger partial charge is 0.311 e. The molecule has 168 valence electrons. The third-order valence-electron chi connectivity index (χ3n) is 5.13. The van der Waals surface area contributed by atoms with Crippen LogP contribution in [0.5, 0.6) is 5.75 Å². The summed E-state index contributed by atoms with van der Waals surface area (Å²) in [7, 11) is 1.31. The van der Waals surface area contributed by atoms with Crippen LogP contribution in [0.4, 0.5) is 17.1 Å². The van der Waals surface area contributed by atoms with Crippen LogP contribution in [0.2, 0.25) is 0 Å². The van der Waals surface area contributed by atoms with E-state index in [0.29, 0.717) is 5.69 Å². The lowest BCUT2D eigenvalue weighted by Gasteiger charge is -2.17. The summed E-state index contributed by atoms with van der Waals surface area (Å²) in [6.07, 6.45) is 0.892. The first-order valence-electron chi connectivity index (χ1n) is 10.0. The van der Waals surface area contributed by atoms with Crippen molar-refractivity contribution in [3.63, 3.8) is 0 Å². The van der Waals surface area contributed by atoms with Gasteiger partial charge in [-0.2, -0.15) is 0 Å². The van der Waals surface area contributed by atoms with Crippen molar-refractivity contribution in [3.8, 4) is 5.75 Å².